The van der Waals surface area contributed by atoms with Gasteiger partial charge in [0, 0.05) is 0 Å². The predicted octanol–water partition coefficient (Wildman–Crippen LogP) is -5.35. The van der Waals surface area contributed by atoms with Gasteiger partial charge < -0.3 is 37.2 Å². The van der Waals surface area contributed by atoms with Crippen LogP contribution >= 0.6 is 15.9 Å². The first-order valence-electron chi connectivity index (χ1n) is 4.29. The van der Waals surface area contributed by atoms with Crippen molar-refractivity contribution in [2.24, 2.45) is 0 Å². The molecule has 16 heavy (non-hydrogen) atoms. The molecule has 0 nitrogen and oxygen atoms in total. The zero-order chi connectivity index (χ0) is 9.59. The molecule has 5 heteroatoms. The average molecular weight is 420 g/mol. The van der Waals surface area contributed by atoms with Gasteiger partial charge in [-0.3, -0.25) is 0 Å². The molecule has 1 aromatic carbocycles. The molecule has 0 fully saturated rings. The van der Waals surface area contributed by atoms with E-state index in [0.29, 0.717) is 3.63 Å². The van der Waals surface area contributed by atoms with Crippen LogP contribution in [0.3, 0.4) is 0 Å². The van der Waals surface area contributed by atoms with Gasteiger partial charge in [-0.05, 0) is 0 Å². The quantitative estimate of drug-likeness (QED) is 0.394. The van der Waals surface area contributed by atoms with Gasteiger partial charge >= 0.3 is 103 Å². The molecule has 0 aliphatic heterocycles. The zero-order valence-electron chi connectivity index (χ0n) is 8.82. The Balaban J connectivity index is 0. The van der Waals surface area contributed by atoms with Crippen LogP contribution in [0, 0.1) is 13.8 Å². The van der Waals surface area contributed by atoms with Crippen molar-refractivity contribution in [3.63, 3.8) is 0 Å². The maximum absolute atomic E-state index is 3.64. The normalized spacial score (nSPS) is 16.3. The van der Waals surface area contributed by atoms with Crippen LogP contribution in [0.1, 0.15) is 25.9 Å². The SMILES string of the molecule is Cc1ccc(C)c2c1C=C(Br)[CH]2[Zr+3].[Cl-].[Cl-].[Cl-]. The van der Waals surface area contributed by atoms with Crippen LogP contribution in [-0.2, 0) is 24.7 Å². The molecule has 0 amide bonds. The van der Waals surface area contributed by atoms with Crippen LogP contribution in [0.4, 0.5) is 0 Å². The van der Waals surface area contributed by atoms with Crippen molar-refractivity contribution in [2.75, 3.05) is 0 Å². The fraction of sp³-hybridized carbons (Fsp3) is 0.273. The average Bonchev–Trinajstić information content (AvgIpc) is 2.38. The molecule has 0 saturated carbocycles. The van der Waals surface area contributed by atoms with Gasteiger partial charge in [-0.15, -0.1) is 0 Å². The van der Waals surface area contributed by atoms with E-state index in [2.05, 4.69) is 48.0 Å². The largest absolute Gasteiger partial charge is 1.00 e. The van der Waals surface area contributed by atoms with E-state index in [-0.39, 0.29) is 37.2 Å². The molecule has 0 radical (unpaired) electrons. The number of hydrogen-bond donors (Lipinski definition) is 0. The van der Waals surface area contributed by atoms with Gasteiger partial charge in [0.25, 0.3) is 0 Å². The van der Waals surface area contributed by atoms with E-state index in [9.17, 15) is 0 Å². The fourth-order valence-electron chi connectivity index (χ4n) is 1.79. The Morgan fingerprint density at radius 2 is 1.56 bits per heavy atom. The monoisotopic (exact) mass is 416 g/mol. The van der Waals surface area contributed by atoms with Crippen molar-refractivity contribution in [1.82, 2.24) is 0 Å². The molecule has 0 heterocycles. The Morgan fingerprint density at radius 1 is 1.06 bits per heavy atom. The van der Waals surface area contributed by atoms with E-state index < -0.39 is 0 Å². The fourth-order valence-corrected chi connectivity index (χ4v) is 3.39. The van der Waals surface area contributed by atoms with Crippen molar-refractivity contribution in [1.29, 1.82) is 0 Å². The molecule has 1 atom stereocenters. The summed E-state index contributed by atoms with van der Waals surface area (Å²) in [6.45, 7) is 4.39. The standard InChI is InChI=1S/C11H10Br.3ClH.Zr/c1-7-3-4-8(2)11-6-9(12)5-10(7)11;;;;/h3-6H,1-2H3;3*1H;/q;;;;+3/p-3. The van der Waals surface area contributed by atoms with Gasteiger partial charge in [-0.25, -0.2) is 0 Å². The summed E-state index contributed by atoms with van der Waals surface area (Å²) in [5, 5.41) is 0. The summed E-state index contributed by atoms with van der Waals surface area (Å²) in [6, 6.07) is 4.43. The van der Waals surface area contributed by atoms with Crippen molar-refractivity contribution < 1.29 is 61.9 Å². The van der Waals surface area contributed by atoms with Gasteiger partial charge in [0.05, 0.1) is 0 Å². The van der Waals surface area contributed by atoms with Crippen LogP contribution < -0.4 is 37.2 Å². The van der Waals surface area contributed by atoms with E-state index in [1.807, 2.05) is 0 Å². The number of fused-ring (bicyclic) bond motifs is 1. The Morgan fingerprint density at radius 3 is 2.06 bits per heavy atom. The first kappa shape index (κ1) is 19.5. The molecule has 0 spiro atoms. The van der Waals surface area contributed by atoms with Gasteiger partial charge in [0.15, 0.2) is 0 Å². The number of hydrogen-bond acceptors (Lipinski definition) is 0. The third kappa shape index (κ3) is 3.36. The van der Waals surface area contributed by atoms with Gasteiger partial charge in [-0.2, -0.15) is 0 Å². The van der Waals surface area contributed by atoms with Gasteiger partial charge in [-0.1, -0.05) is 0 Å². The molecule has 1 aliphatic carbocycles. The minimum absolute atomic E-state index is 0. The molecular formula is C11H10BrCl3Zr. The molecule has 0 aromatic heterocycles. The Kier molecular flexibility index (Phi) is 9.26. The van der Waals surface area contributed by atoms with E-state index in [1.165, 1.54) is 26.7 Å². The van der Waals surface area contributed by atoms with E-state index >= 15 is 0 Å². The maximum atomic E-state index is 3.64. The second-order valence-electron chi connectivity index (χ2n) is 3.49. The minimum Gasteiger partial charge on any atom is -1.00 e. The predicted molar refractivity (Wildman–Crippen MR) is 55.6 cm³/mol. The molecule has 2 rings (SSSR count). The third-order valence-electron chi connectivity index (χ3n) is 2.57. The second kappa shape index (κ2) is 7.59. The van der Waals surface area contributed by atoms with Crippen molar-refractivity contribution in [3.8, 4) is 0 Å². The summed E-state index contributed by atoms with van der Waals surface area (Å²) in [5.74, 6) is 0. The second-order valence-corrected chi connectivity index (χ2v) is 5.82. The zero-order valence-corrected chi connectivity index (χ0v) is 15.1. The summed E-state index contributed by atoms with van der Waals surface area (Å²) in [7, 11) is 0. The van der Waals surface area contributed by atoms with Crippen LogP contribution in [0.15, 0.2) is 16.6 Å². The Bertz CT molecular complexity index is 404. The van der Waals surface area contributed by atoms with Gasteiger partial charge in [0.1, 0.15) is 0 Å². The first-order valence-corrected chi connectivity index (χ1v) is 6.51. The van der Waals surface area contributed by atoms with Crippen LogP contribution in [0.25, 0.3) is 6.08 Å². The van der Waals surface area contributed by atoms with Crippen molar-refractivity contribution in [2.45, 2.75) is 17.5 Å². The van der Waals surface area contributed by atoms with E-state index in [4.69, 9.17) is 0 Å². The summed E-state index contributed by atoms with van der Waals surface area (Å²) >= 11 is 5.20. The number of halogens is 4. The van der Waals surface area contributed by atoms with Crippen LogP contribution in [-0.4, -0.2) is 0 Å². The number of rotatable bonds is 0. The third-order valence-corrected chi connectivity index (χ3v) is 5.77. The molecule has 86 valence electrons. The maximum Gasteiger partial charge on any atom is -1.00 e. The summed E-state index contributed by atoms with van der Waals surface area (Å²) < 4.78 is 1.97. The molecule has 1 aliphatic rings. The molecule has 0 bridgehead atoms. The molecule has 1 aromatic rings. The first-order chi connectivity index (χ1) is 6.11. The smallest absolute Gasteiger partial charge is 1.00 e. The van der Waals surface area contributed by atoms with Crippen molar-refractivity contribution in [3.05, 3.63) is 38.9 Å². The minimum atomic E-state index is 0. The molecule has 0 saturated heterocycles. The van der Waals surface area contributed by atoms with Crippen molar-refractivity contribution >= 4 is 22.0 Å². The number of aryl methyl sites for hydroxylation is 2. The topological polar surface area (TPSA) is 0 Å². The summed E-state index contributed by atoms with van der Waals surface area (Å²) in [4.78, 5) is 0. The molecular weight excluding hydrogens is 410 g/mol. The van der Waals surface area contributed by atoms with E-state index in [1.54, 1.807) is 24.7 Å². The van der Waals surface area contributed by atoms with Crippen LogP contribution in [0.2, 0.25) is 0 Å². The Labute approximate surface area is 139 Å². The summed E-state index contributed by atoms with van der Waals surface area (Å²) in [5.41, 5.74) is 5.79. The van der Waals surface area contributed by atoms with Crippen LogP contribution in [0.5, 0.6) is 0 Å². The number of benzene rings is 1. The molecule has 0 N–H and O–H groups in total. The summed E-state index contributed by atoms with van der Waals surface area (Å²) in [6.07, 6.45) is 2.27. The van der Waals surface area contributed by atoms with E-state index in [0.717, 1.165) is 0 Å². The number of allylic oxidation sites excluding steroid dienone is 1. The Hall–Kier alpha value is 1.19. The molecule has 1 unspecified atom stereocenters. The van der Waals surface area contributed by atoms with Gasteiger partial charge in [0.2, 0.25) is 0 Å².